The lowest BCUT2D eigenvalue weighted by molar-refractivity contribution is 0.0521. The van der Waals surface area contributed by atoms with Crippen molar-refractivity contribution < 1.29 is 17.9 Å². The Morgan fingerprint density at radius 3 is 2.80 bits per heavy atom. The van der Waals surface area contributed by atoms with Crippen molar-refractivity contribution in [1.82, 2.24) is 14.5 Å². The van der Waals surface area contributed by atoms with Gasteiger partial charge in [-0.25, -0.2) is 13.2 Å². The van der Waals surface area contributed by atoms with E-state index >= 15 is 0 Å². The average molecular weight is 300 g/mol. The second kappa shape index (κ2) is 7.02. The van der Waals surface area contributed by atoms with Crippen LogP contribution in [0, 0.1) is 11.3 Å². The molecule has 0 fully saturated rings. The Labute approximate surface area is 117 Å². The first-order chi connectivity index (χ1) is 9.48. The van der Waals surface area contributed by atoms with Gasteiger partial charge in [0, 0.05) is 19.5 Å². The lowest BCUT2D eigenvalue weighted by Gasteiger charge is -2.18. The maximum absolute atomic E-state index is 12.4. The highest BCUT2D eigenvalue weighted by molar-refractivity contribution is 7.89. The molecule has 0 atom stereocenters. The summed E-state index contributed by atoms with van der Waals surface area (Å²) in [6, 6.07) is 1.88. The monoisotopic (exact) mass is 300 g/mol. The highest BCUT2D eigenvalue weighted by Crippen LogP contribution is 2.18. The van der Waals surface area contributed by atoms with Gasteiger partial charge in [-0.3, -0.25) is 5.10 Å². The van der Waals surface area contributed by atoms with Crippen molar-refractivity contribution >= 4 is 16.0 Å². The molecular formula is C11H16N4O4S. The van der Waals surface area contributed by atoms with E-state index in [-0.39, 0.29) is 36.7 Å². The number of carbonyl (C=O) groups is 1. The third-order valence-corrected chi connectivity index (χ3v) is 4.47. The first-order valence-corrected chi connectivity index (χ1v) is 7.50. The first-order valence-electron chi connectivity index (χ1n) is 6.06. The molecule has 20 heavy (non-hydrogen) atoms. The molecule has 9 heteroatoms. The van der Waals surface area contributed by atoms with E-state index in [1.54, 1.807) is 13.8 Å². The van der Waals surface area contributed by atoms with Gasteiger partial charge in [0.25, 0.3) is 10.0 Å². The number of sulfonamides is 1. The molecule has 1 aromatic heterocycles. The number of carbonyl (C=O) groups excluding carboxylic acids is 1. The van der Waals surface area contributed by atoms with Crippen LogP contribution in [0.1, 0.15) is 30.6 Å². The smallest absolute Gasteiger partial charge is 0.342 e. The Balaban J connectivity index is 3.13. The van der Waals surface area contributed by atoms with E-state index in [4.69, 9.17) is 10.00 Å². The number of rotatable bonds is 7. The summed E-state index contributed by atoms with van der Waals surface area (Å²) >= 11 is 0. The Kier molecular flexibility index (Phi) is 5.66. The van der Waals surface area contributed by atoms with Crippen molar-refractivity contribution in [2.45, 2.75) is 25.3 Å². The number of hydrogen-bond donors (Lipinski definition) is 1. The van der Waals surface area contributed by atoms with Crippen LogP contribution in [0.5, 0.6) is 0 Å². The summed E-state index contributed by atoms with van der Waals surface area (Å²) in [5.74, 6) is -0.754. The molecule has 0 radical (unpaired) electrons. The van der Waals surface area contributed by atoms with E-state index in [1.807, 2.05) is 6.07 Å². The van der Waals surface area contributed by atoms with E-state index in [1.165, 1.54) is 0 Å². The quantitative estimate of drug-likeness (QED) is 0.733. The van der Waals surface area contributed by atoms with Crippen molar-refractivity contribution in [3.63, 3.8) is 0 Å². The van der Waals surface area contributed by atoms with Crippen molar-refractivity contribution in [1.29, 1.82) is 5.26 Å². The molecule has 0 aliphatic heterocycles. The molecule has 0 bridgehead atoms. The molecule has 0 saturated carbocycles. The number of aromatic amines is 1. The summed E-state index contributed by atoms with van der Waals surface area (Å²) in [5.41, 5.74) is -0.137. The van der Waals surface area contributed by atoms with Crippen molar-refractivity contribution in [2.75, 3.05) is 19.7 Å². The van der Waals surface area contributed by atoms with Gasteiger partial charge in [0.05, 0.1) is 18.9 Å². The number of nitrogens with one attached hydrogen (secondary N) is 1. The van der Waals surface area contributed by atoms with Crippen LogP contribution < -0.4 is 0 Å². The van der Waals surface area contributed by atoms with Crippen molar-refractivity contribution in [3.8, 4) is 6.07 Å². The zero-order chi connectivity index (χ0) is 15.2. The second-order valence-corrected chi connectivity index (χ2v) is 5.61. The molecule has 0 aliphatic carbocycles. The Bertz CT molecular complexity index is 602. The maximum atomic E-state index is 12.4. The molecule has 1 aromatic rings. The zero-order valence-corrected chi connectivity index (χ0v) is 12.1. The fourth-order valence-corrected chi connectivity index (χ4v) is 3.09. The number of esters is 1. The lowest BCUT2D eigenvalue weighted by atomic mass is 10.4. The van der Waals surface area contributed by atoms with Gasteiger partial charge in [-0.2, -0.15) is 14.7 Å². The molecule has 0 saturated heterocycles. The third-order valence-electron chi connectivity index (χ3n) is 2.52. The molecule has 0 spiro atoms. The second-order valence-electron chi connectivity index (χ2n) is 3.74. The summed E-state index contributed by atoms with van der Waals surface area (Å²) in [6.45, 7) is 3.64. The lowest BCUT2D eigenvalue weighted by Crippen LogP contribution is -2.33. The minimum absolute atomic E-state index is 0.0522. The number of nitriles is 1. The van der Waals surface area contributed by atoms with E-state index < -0.39 is 16.0 Å². The minimum Gasteiger partial charge on any atom is -0.462 e. The van der Waals surface area contributed by atoms with Crippen LogP contribution in [0.2, 0.25) is 0 Å². The molecule has 1 heterocycles. The van der Waals surface area contributed by atoms with Crippen LogP contribution in [0.3, 0.4) is 0 Å². The van der Waals surface area contributed by atoms with Gasteiger partial charge in [-0.1, -0.05) is 6.92 Å². The Morgan fingerprint density at radius 2 is 2.25 bits per heavy atom. The van der Waals surface area contributed by atoms with E-state index in [0.29, 0.717) is 0 Å². The maximum Gasteiger partial charge on any atom is 0.342 e. The predicted octanol–water partition coefficient (Wildman–Crippen LogP) is 0.511. The third kappa shape index (κ3) is 3.34. The van der Waals surface area contributed by atoms with Gasteiger partial charge >= 0.3 is 5.97 Å². The predicted molar refractivity (Wildman–Crippen MR) is 69.2 cm³/mol. The summed E-state index contributed by atoms with van der Waals surface area (Å²) in [6.07, 6.45) is 1.18. The van der Waals surface area contributed by atoms with Gasteiger partial charge in [0.1, 0.15) is 5.56 Å². The normalized spacial score (nSPS) is 11.3. The SMILES string of the molecule is CCOC(=O)c1cn[nH]c1S(=O)(=O)N(CC)CCC#N. The van der Waals surface area contributed by atoms with Gasteiger partial charge in [-0.15, -0.1) is 0 Å². The summed E-state index contributed by atoms with van der Waals surface area (Å²) < 4.78 is 30.7. The molecule has 0 aromatic carbocycles. The Morgan fingerprint density at radius 1 is 1.55 bits per heavy atom. The van der Waals surface area contributed by atoms with Gasteiger partial charge in [-0.05, 0) is 6.92 Å². The number of ether oxygens (including phenoxy) is 1. The number of H-pyrrole nitrogens is 1. The highest BCUT2D eigenvalue weighted by Gasteiger charge is 2.30. The largest absolute Gasteiger partial charge is 0.462 e. The van der Waals surface area contributed by atoms with Crippen LogP contribution in [-0.2, 0) is 14.8 Å². The van der Waals surface area contributed by atoms with E-state index in [9.17, 15) is 13.2 Å². The van der Waals surface area contributed by atoms with Crippen LogP contribution in [-0.4, -0.2) is 48.6 Å². The number of hydrogen-bond acceptors (Lipinski definition) is 6. The number of nitrogens with zero attached hydrogens (tertiary/aromatic N) is 3. The molecule has 110 valence electrons. The standard InChI is InChI=1S/C11H16N4O4S/c1-3-15(7-5-6-12)20(17,18)10-9(8-13-14-10)11(16)19-4-2/h8H,3-5,7H2,1-2H3,(H,13,14). The van der Waals surface area contributed by atoms with Crippen LogP contribution in [0.25, 0.3) is 0 Å². The molecule has 0 unspecified atom stereocenters. The van der Waals surface area contributed by atoms with Crippen molar-refractivity contribution in [2.24, 2.45) is 0 Å². The molecule has 1 N–H and O–H groups in total. The first kappa shape index (κ1) is 16.1. The topological polar surface area (TPSA) is 116 Å². The highest BCUT2D eigenvalue weighted by atomic mass is 32.2. The summed E-state index contributed by atoms with van der Waals surface area (Å²) in [4.78, 5) is 11.7. The molecule has 8 nitrogen and oxygen atoms in total. The average Bonchev–Trinajstić information content (AvgIpc) is 2.89. The summed E-state index contributed by atoms with van der Waals surface area (Å²) in [7, 11) is -3.91. The van der Waals surface area contributed by atoms with Gasteiger partial charge in [0.2, 0.25) is 0 Å². The zero-order valence-electron chi connectivity index (χ0n) is 11.3. The van der Waals surface area contributed by atoms with E-state index in [2.05, 4.69) is 10.2 Å². The fraction of sp³-hybridized carbons (Fsp3) is 0.545. The molecular weight excluding hydrogens is 284 g/mol. The van der Waals surface area contributed by atoms with Gasteiger partial charge in [0.15, 0.2) is 5.03 Å². The van der Waals surface area contributed by atoms with Crippen LogP contribution in [0.15, 0.2) is 11.2 Å². The molecule has 0 aliphatic rings. The molecule has 0 amide bonds. The van der Waals surface area contributed by atoms with Crippen molar-refractivity contribution in [3.05, 3.63) is 11.8 Å². The number of aromatic nitrogens is 2. The Hall–Kier alpha value is -1.92. The molecule has 1 rings (SSSR count). The summed E-state index contributed by atoms with van der Waals surface area (Å²) in [5, 5.41) is 14.1. The van der Waals surface area contributed by atoms with Crippen LogP contribution in [0.4, 0.5) is 0 Å². The fourth-order valence-electron chi connectivity index (χ4n) is 1.58. The van der Waals surface area contributed by atoms with Gasteiger partial charge < -0.3 is 4.74 Å². The minimum atomic E-state index is -3.91. The van der Waals surface area contributed by atoms with Crippen LogP contribution >= 0.6 is 0 Å². The van der Waals surface area contributed by atoms with E-state index in [0.717, 1.165) is 10.5 Å².